The molecule has 0 radical (unpaired) electrons. The lowest BCUT2D eigenvalue weighted by Crippen LogP contribution is -2.42. The van der Waals surface area contributed by atoms with E-state index < -0.39 is 12.1 Å². The molecule has 1 amide bonds. The number of hydrogen-bond acceptors (Lipinski definition) is 4. The van der Waals surface area contributed by atoms with Crippen molar-refractivity contribution in [1.82, 2.24) is 5.32 Å². The van der Waals surface area contributed by atoms with Gasteiger partial charge in [0, 0.05) is 0 Å². The number of carbonyl (C=O) groups is 2. The lowest BCUT2D eigenvalue weighted by Gasteiger charge is -2.16. The summed E-state index contributed by atoms with van der Waals surface area (Å²) in [7, 11) is 0. The third kappa shape index (κ3) is 13.2. The van der Waals surface area contributed by atoms with Crippen LogP contribution >= 0.6 is 0 Å². The largest absolute Gasteiger partial charge is 0.464 e. The van der Waals surface area contributed by atoms with Crippen molar-refractivity contribution in [2.24, 2.45) is 0 Å². The Kier molecular flexibility index (Phi) is 15.7. The maximum atomic E-state index is 12.1. The fourth-order valence-electron chi connectivity index (χ4n) is 2.43. The molecule has 5 nitrogen and oxygen atoms in total. The van der Waals surface area contributed by atoms with Gasteiger partial charge in [-0.05, 0) is 19.3 Å². The Morgan fingerprint density at radius 3 is 1.96 bits per heavy atom. The van der Waals surface area contributed by atoms with Gasteiger partial charge >= 0.3 is 12.1 Å². The smallest absolute Gasteiger partial charge is 0.407 e. The molecule has 0 aliphatic rings. The van der Waals surface area contributed by atoms with E-state index in [2.05, 4.69) is 12.2 Å². The number of unbranched alkanes of at least 4 members (excludes halogenated alkanes) is 7. The van der Waals surface area contributed by atoms with Gasteiger partial charge < -0.3 is 14.8 Å². The van der Waals surface area contributed by atoms with Gasteiger partial charge in [0.15, 0.2) is 0 Å². The lowest BCUT2D eigenvalue weighted by molar-refractivity contribution is -0.146. The molecule has 0 aliphatic heterocycles. The second kappa shape index (κ2) is 16.6. The molecular formula is C19H37NO4. The summed E-state index contributed by atoms with van der Waals surface area (Å²) in [5.41, 5.74) is 0. The Labute approximate surface area is 147 Å². The topological polar surface area (TPSA) is 64.6 Å². The van der Waals surface area contributed by atoms with Gasteiger partial charge in [-0.2, -0.15) is 0 Å². The molecule has 0 heterocycles. The molecule has 0 bridgehead atoms. The zero-order valence-electron chi connectivity index (χ0n) is 15.9. The Morgan fingerprint density at radius 1 is 0.750 bits per heavy atom. The molecule has 0 aromatic carbocycles. The van der Waals surface area contributed by atoms with Gasteiger partial charge in [-0.3, -0.25) is 0 Å². The van der Waals surface area contributed by atoms with Crippen LogP contribution in [0, 0.1) is 0 Å². The third-order valence-electron chi connectivity index (χ3n) is 3.83. The van der Waals surface area contributed by atoms with E-state index in [9.17, 15) is 9.59 Å². The first-order valence-electron chi connectivity index (χ1n) is 9.75. The highest BCUT2D eigenvalue weighted by Gasteiger charge is 2.21. The second-order valence-corrected chi connectivity index (χ2v) is 6.26. The molecule has 0 saturated carbocycles. The monoisotopic (exact) mass is 343 g/mol. The number of esters is 1. The van der Waals surface area contributed by atoms with Crippen molar-refractivity contribution in [1.29, 1.82) is 0 Å². The van der Waals surface area contributed by atoms with Crippen molar-refractivity contribution in [3.8, 4) is 0 Å². The van der Waals surface area contributed by atoms with Crippen molar-refractivity contribution in [3.05, 3.63) is 0 Å². The number of hydrogen-bond donors (Lipinski definition) is 1. The first-order chi connectivity index (χ1) is 11.7. The molecule has 1 unspecified atom stereocenters. The quantitative estimate of drug-likeness (QED) is 0.336. The average molecular weight is 344 g/mol. The van der Waals surface area contributed by atoms with Crippen molar-refractivity contribution in [3.63, 3.8) is 0 Å². The minimum Gasteiger partial charge on any atom is -0.464 e. The van der Waals surface area contributed by atoms with E-state index in [1.807, 2.05) is 13.8 Å². The molecule has 0 spiro atoms. The van der Waals surface area contributed by atoms with Gasteiger partial charge in [-0.15, -0.1) is 0 Å². The Hall–Kier alpha value is -1.26. The summed E-state index contributed by atoms with van der Waals surface area (Å²) >= 11 is 0. The first-order valence-corrected chi connectivity index (χ1v) is 9.75. The number of amides is 1. The Morgan fingerprint density at radius 2 is 1.38 bits per heavy atom. The summed E-state index contributed by atoms with van der Waals surface area (Å²) in [5.74, 6) is -0.353. The van der Waals surface area contributed by atoms with Crippen LogP contribution in [0.1, 0.15) is 91.4 Å². The number of rotatable bonds is 15. The van der Waals surface area contributed by atoms with Crippen molar-refractivity contribution in [2.75, 3.05) is 13.2 Å². The molecule has 5 heteroatoms. The molecule has 0 fully saturated rings. The minimum atomic E-state index is -0.603. The minimum absolute atomic E-state index is 0.353. The third-order valence-corrected chi connectivity index (χ3v) is 3.83. The predicted octanol–water partition coefficient (Wildman–Crippen LogP) is 4.98. The van der Waals surface area contributed by atoms with Crippen LogP contribution in [0.25, 0.3) is 0 Å². The molecular weight excluding hydrogens is 306 g/mol. The highest BCUT2D eigenvalue weighted by molar-refractivity contribution is 5.81. The van der Waals surface area contributed by atoms with Crippen LogP contribution in [-0.2, 0) is 14.3 Å². The molecule has 0 aromatic heterocycles. The standard InChI is InChI=1S/C19H37NO4/c1-4-7-8-9-10-11-12-13-16-23-18(21)17(14-5-2)20-19(22)24-15-6-3/h17H,4-16H2,1-3H3,(H,20,22). The summed E-state index contributed by atoms with van der Waals surface area (Å²) in [6.45, 7) is 6.91. The summed E-state index contributed by atoms with van der Waals surface area (Å²) in [5, 5.41) is 2.60. The van der Waals surface area contributed by atoms with Gasteiger partial charge in [0.1, 0.15) is 6.04 Å². The summed E-state index contributed by atoms with van der Waals surface area (Å²) in [4.78, 5) is 23.6. The van der Waals surface area contributed by atoms with Gasteiger partial charge in [0.2, 0.25) is 0 Å². The number of nitrogens with one attached hydrogen (secondary N) is 1. The zero-order valence-corrected chi connectivity index (χ0v) is 15.9. The number of ether oxygens (including phenoxy) is 2. The van der Waals surface area contributed by atoms with E-state index in [0.717, 1.165) is 25.7 Å². The molecule has 0 aromatic rings. The van der Waals surface area contributed by atoms with Crippen molar-refractivity contribution in [2.45, 2.75) is 97.4 Å². The van der Waals surface area contributed by atoms with E-state index in [1.165, 1.54) is 38.5 Å². The van der Waals surface area contributed by atoms with Crippen LogP contribution in [0.4, 0.5) is 4.79 Å². The van der Waals surface area contributed by atoms with E-state index >= 15 is 0 Å². The van der Waals surface area contributed by atoms with Gasteiger partial charge in [-0.1, -0.05) is 72.1 Å². The SMILES string of the molecule is CCCCCCCCCCOC(=O)C(CCC)NC(=O)OCCC. The summed E-state index contributed by atoms with van der Waals surface area (Å²) in [6, 6.07) is -0.603. The summed E-state index contributed by atoms with van der Waals surface area (Å²) < 4.78 is 10.3. The highest BCUT2D eigenvalue weighted by Crippen LogP contribution is 2.09. The van der Waals surface area contributed by atoms with Crippen molar-refractivity contribution < 1.29 is 19.1 Å². The van der Waals surface area contributed by atoms with Crippen LogP contribution in [0.2, 0.25) is 0 Å². The zero-order chi connectivity index (χ0) is 18.0. The maximum Gasteiger partial charge on any atom is 0.407 e. The molecule has 1 N–H and O–H groups in total. The van der Waals surface area contributed by atoms with Crippen molar-refractivity contribution >= 4 is 12.1 Å². The molecule has 0 rings (SSSR count). The predicted molar refractivity (Wildman–Crippen MR) is 97.0 cm³/mol. The van der Waals surface area contributed by atoms with Crippen LogP contribution in [0.3, 0.4) is 0 Å². The van der Waals surface area contributed by atoms with Crippen LogP contribution < -0.4 is 5.32 Å². The van der Waals surface area contributed by atoms with E-state index in [-0.39, 0.29) is 5.97 Å². The summed E-state index contributed by atoms with van der Waals surface area (Å²) in [6.07, 6.45) is 11.2. The van der Waals surface area contributed by atoms with E-state index in [1.54, 1.807) is 0 Å². The fraction of sp³-hybridized carbons (Fsp3) is 0.895. The molecule has 24 heavy (non-hydrogen) atoms. The van der Waals surface area contributed by atoms with Gasteiger partial charge in [0.25, 0.3) is 0 Å². The van der Waals surface area contributed by atoms with E-state index in [4.69, 9.17) is 9.47 Å². The van der Waals surface area contributed by atoms with Gasteiger partial charge in [0.05, 0.1) is 13.2 Å². The Balaban J connectivity index is 3.80. The highest BCUT2D eigenvalue weighted by atomic mass is 16.6. The molecule has 0 saturated heterocycles. The normalized spacial score (nSPS) is 11.8. The van der Waals surface area contributed by atoms with Crippen LogP contribution in [0.15, 0.2) is 0 Å². The average Bonchev–Trinajstić information content (AvgIpc) is 2.58. The molecule has 1 atom stereocenters. The second-order valence-electron chi connectivity index (χ2n) is 6.26. The number of carbonyl (C=O) groups excluding carboxylic acids is 2. The van der Waals surface area contributed by atoms with E-state index in [0.29, 0.717) is 19.6 Å². The van der Waals surface area contributed by atoms with Crippen LogP contribution in [0.5, 0.6) is 0 Å². The first kappa shape index (κ1) is 22.7. The number of alkyl carbamates (subject to hydrolysis) is 1. The van der Waals surface area contributed by atoms with Gasteiger partial charge in [-0.25, -0.2) is 9.59 Å². The molecule has 142 valence electrons. The van der Waals surface area contributed by atoms with Crippen LogP contribution in [-0.4, -0.2) is 31.3 Å². The Bertz CT molecular complexity index is 320. The molecule has 0 aliphatic carbocycles. The fourth-order valence-corrected chi connectivity index (χ4v) is 2.43. The lowest BCUT2D eigenvalue weighted by atomic mass is 10.1. The maximum absolute atomic E-state index is 12.1.